The summed E-state index contributed by atoms with van der Waals surface area (Å²) in [5.74, 6) is 0.198. The van der Waals surface area contributed by atoms with Gasteiger partial charge in [-0.25, -0.2) is 0 Å². The summed E-state index contributed by atoms with van der Waals surface area (Å²) in [5.41, 5.74) is 3.39. The molecule has 1 fully saturated rings. The highest BCUT2D eigenvalue weighted by atomic mass is 35.5. The maximum Gasteiger partial charge on any atom is 0.260 e. The van der Waals surface area contributed by atoms with Crippen molar-refractivity contribution in [2.24, 2.45) is 0 Å². The number of amides is 1. The third kappa shape index (κ3) is 5.31. The first-order valence-electron chi connectivity index (χ1n) is 11.0. The van der Waals surface area contributed by atoms with E-state index < -0.39 is 5.91 Å². The van der Waals surface area contributed by atoms with Gasteiger partial charge in [0.2, 0.25) is 5.76 Å². The fourth-order valence-electron chi connectivity index (χ4n) is 4.09. The number of carbonyl (C=O) groups is 1. The first-order valence-corrected chi connectivity index (χ1v) is 11.4. The number of hydrogen-bond donors (Lipinski definition) is 2. The van der Waals surface area contributed by atoms with Crippen LogP contribution in [0.4, 0.5) is 5.69 Å². The van der Waals surface area contributed by atoms with Crippen molar-refractivity contribution in [2.75, 3.05) is 44.8 Å². The maximum atomic E-state index is 12.6. The Hall–Kier alpha value is -3.04. The van der Waals surface area contributed by atoms with E-state index >= 15 is 0 Å². The molecule has 8 nitrogen and oxygen atoms in total. The summed E-state index contributed by atoms with van der Waals surface area (Å²) in [6.45, 7) is 6.58. The number of fused-ring (bicyclic) bond motifs is 1. The van der Waals surface area contributed by atoms with Crippen LogP contribution in [-0.4, -0.2) is 60.5 Å². The summed E-state index contributed by atoms with van der Waals surface area (Å²) < 4.78 is 16.4. The first kappa shape index (κ1) is 25.1. The van der Waals surface area contributed by atoms with E-state index in [2.05, 4.69) is 15.4 Å². The number of anilines is 1. The predicted molar refractivity (Wildman–Crippen MR) is 136 cm³/mol. The third-order valence-electron chi connectivity index (χ3n) is 5.90. The molecule has 2 aliphatic heterocycles. The number of ether oxygens (including phenoxy) is 2. The third-order valence-corrected chi connectivity index (χ3v) is 6.21. The van der Waals surface area contributed by atoms with Crippen molar-refractivity contribution in [3.8, 4) is 16.9 Å². The highest BCUT2D eigenvalue weighted by molar-refractivity contribution is 6.38. The van der Waals surface area contributed by atoms with Crippen LogP contribution in [0.5, 0.6) is 5.75 Å². The van der Waals surface area contributed by atoms with Gasteiger partial charge in [0.25, 0.3) is 5.91 Å². The van der Waals surface area contributed by atoms with Gasteiger partial charge < -0.3 is 24.4 Å². The van der Waals surface area contributed by atoms with E-state index in [1.165, 1.54) is 0 Å². The van der Waals surface area contributed by atoms with E-state index in [0.717, 1.165) is 49.7 Å². The van der Waals surface area contributed by atoms with Crippen LogP contribution >= 0.6 is 24.0 Å². The van der Waals surface area contributed by atoms with Crippen LogP contribution in [0.25, 0.3) is 22.5 Å². The predicted octanol–water partition coefficient (Wildman–Crippen LogP) is 4.81. The molecule has 5 rings (SSSR count). The SMILES string of the molecule is Cc1cc(/C(O)=C2\C(=O)Nc3cc(Cl)c(-c4ccc(OCCN5CCOCC5)cc4)cc32)on1.Cl. The molecule has 0 spiro atoms. The van der Waals surface area contributed by atoms with Crippen LogP contribution in [0, 0.1) is 6.92 Å². The van der Waals surface area contributed by atoms with E-state index in [0.29, 0.717) is 28.6 Å². The van der Waals surface area contributed by atoms with Crippen molar-refractivity contribution in [1.82, 2.24) is 10.1 Å². The number of carbonyl (C=O) groups excluding carboxylic acids is 1. The van der Waals surface area contributed by atoms with Gasteiger partial charge in [-0.2, -0.15) is 0 Å². The monoisotopic (exact) mass is 517 g/mol. The number of aliphatic hydroxyl groups is 1. The molecule has 0 saturated carbocycles. The quantitative estimate of drug-likeness (QED) is 0.357. The average Bonchev–Trinajstić information content (AvgIpc) is 3.41. The fourth-order valence-corrected chi connectivity index (χ4v) is 4.37. The highest BCUT2D eigenvalue weighted by Gasteiger charge is 2.31. The minimum Gasteiger partial charge on any atom is -0.504 e. The largest absolute Gasteiger partial charge is 0.504 e. The summed E-state index contributed by atoms with van der Waals surface area (Å²) in [6, 6.07) is 12.7. The number of morpholine rings is 1. The van der Waals surface area contributed by atoms with E-state index in [-0.39, 0.29) is 29.5 Å². The molecule has 0 aliphatic carbocycles. The Balaban J connectivity index is 0.00000289. The lowest BCUT2D eigenvalue weighted by atomic mass is 9.98. The summed E-state index contributed by atoms with van der Waals surface area (Å²) in [7, 11) is 0. The molecular formula is C25H25Cl2N3O5. The molecular weight excluding hydrogens is 493 g/mol. The summed E-state index contributed by atoms with van der Waals surface area (Å²) in [4.78, 5) is 14.9. The van der Waals surface area contributed by atoms with Gasteiger partial charge >= 0.3 is 0 Å². The number of nitrogens with one attached hydrogen (secondary N) is 1. The molecule has 2 N–H and O–H groups in total. The second-order valence-corrected chi connectivity index (χ2v) is 8.62. The molecule has 0 unspecified atom stereocenters. The molecule has 2 aliphatic rings. The zero-order chi connectivity index (χ0) is 23.7. The molecule has 2 aromatic carbocycles. The van der Waals surface area contributed by atoms with E-state index in [9.17, 15) is 9.90 Å². The topological polar surface area (TPSA) is 97.1 Å². The van der Waals surface area contributed by atoms with Crippen LogP contribution in [0.3, 0.4) is 0 Å². The van der Waals surface area contributed by atoms with Crippen LogP contribution in [0.1, 0.15) is 17.0 Å². The number of hydrogen-bond acceptors (Lipinski definition) is 7. The molecule has 0 atom stereocenters. The Bertz CT molecular complexity index is 1250. The van der Waals surface area contributed by atoms with Crippen molar-refractivity contribution in [3.05, 3.63) is 64.5 Å². The molecule has 1 aromatic heterocycles. The van der Waals surface area contributed by atoms with Crippen LogP contribution in [0.2, 0.25) is 5.02 Å². The standard InChI is InChI=1S/C25H24ClN3O5.ClH/c1-15-12-22(34-28-15)24(30)23-19-13-18(20(26)14-21(19)27-25(23)31)16-2-4-17(5-3-16)33-11-8-29-6-9-32-10-7-29;/h2-5,12-14,30H,6-11H2,1H3,(H,27,31);1H/b24-23+;. The number of nitrogens with zero attached hydrogens (tertiary/aromatic N) is 2. The highest BCUT2D eigenvalue weighted by Crippen LogP contribution is 2.42. The van der Waals surface area contributed by atoms with Gasteiger partial charge in [0.05, 0.1) is 35.2 Å². The van der Waals surface area contributed by atoms with Crippen molar-refractivity contribution in [2.45, 2.75) is 6.92 Å². The number of benzene rings is 2. The Kier molecular flexibility index (Phi) is 7.66. The Morgan fingerprint density at radius 2 is 1.91 bits per heavy atom. The van der Waals surface area contributed by atoms with E-state index in [1.807, 2.05) is 24.3 Å². The van der Waals surface area contributed by atoms with Crippen molar-refractivity contribution in [1.29, 1.82) is 0 Å². The maximum absolute atomic E-state index is 12.6. The van der Waals surface area contributed by atoms with Gasteiger partial charge in [0.1, 0.15) is 12.4 Å². The molecule has 1 amide bonds. The summed E-state index contributed by atoms with van der Waals surface area (Å²) in [5, 5.41) is 17.7. The smallest absolute Gasteiger partial charge is 0.260 e. The lowest BCUT2D eigenvalue weighted by Crippen LogP contribution is -2.38. The lowest BCUT2D eigenvalue weighted by molar-refractivity contribution is -0.110. The Morgan fingerprint density at radius 1 is 1.17 bits per heavy atom. The molecule has 184 valence electrons. The number of aryl methyl sites for hydroxylation is 1. The van der Waals surface area contributed by atoms with Crippen LogP contribution < -0.4 is 10.1 Å². The minimum atomic E-state index is -0.432. The molecule has 1 saturated heterocycles. The van der Waals surface area contributed by atoms with Crippen molar-refractivity contribution in [3.63, 3.8) is 0 Å². The number of aromatic nitrogens is 1. The van der Waals surface area contributed by atoms with Crippen molar-refractivity contribution < 1.29 is 23.9 Å². The first-order chi connectivity index (χ1) is 16.5. The van der Waals surface area contributed by atoms with Gasteiger partial charge in [0.15, 0.2) is 5.76 Å². The lowest BCUT2D eigenvalue weighted by Gasteiger charge is -2.26. The van der Waals surface area contributed by atoms with Gasteiger partial charge in [-0.3, -0.25) is 9.69 Å². The van der Waals surface area contributed by atoms with Gasteiger partial charge in [0, 0.05) is 36.8 Å². The summed E-state index contributed by atoms with van der Waals surface area (Å²) >= 11 is 6.54. The number of aliphatic hydroxyl groups excluding tert-OH is 1. The zero-order valence-corrected chi connectivity index (χ0v) is 20.6. The molecule has 3 aromatic rings. The average molecular weight is 518 g/mol. The molecule has 3 heterocycles. The Morgan fingerprint density at radius 3 is 2.60 bits per heavy atom. The number of rotatable bonds is 6. The van der Waals surface area contributed by atoms with Gasteiger partial charge in [-0.1, -0.05) is 28.9 Å². The van der Waals surface area contributed by atoms with Gasteiger partial charge in [-0.05, 0) is 36.8 Å². The summed E-state index contributed by atoms with van der Waals surface area (Å²) in [6.07, 6.45) is 0. The molecule has 0 bridgehead atoms. The molecule has 35 heavy (non-hydrogen) atoms. The van der Waals surface area contributed by atoms with E-state index in [1.54, 1.807) is 25.1 Å². The van der Waals surface area contributed by atoms with E-state index in [4.69, 9.17) is 25.6 Å². The minimum absolute atomic E-state index is 0. The van der Waals surface area contributed by atoms with Gasteiger partial charge in [-0.15, -0.1) is 12.4 Å². The number of halogens is 2. The van der Waals surface area contributed by atoms with Crippen LogP contribution in [0.15, 0.2) is 47.0 Å². The zero-order valence-electron chi connectivity index (χ0n) is 19.0. The molecule has 10 heteroatoms. The second-order valence-electron chi connectivity index (χ2n) is 8.21. The molecule has 0 radical (unpaired) electrons. The van der Waals surface area contributed by atoms with Crippen LogP contribution in [-0.2, 0) is 9.53 Å². The second kappa shape index (κ2) is 10.7. The normalized spacial score (nSPS) is 16.9. The Labute approximate surface area is 213 Å². The fraction of sp³-hybridized carbons (Fsp3) is 0.280. The van der Waals surface area contributed by atoms with Crippen molar-refractivity contribution >= 4 is 46.9 Å².